The van der Waals surface area contributed by atoms with E-state index in [0.29, 0.717) is 35.2 Å². The first-order valence-electron chi connectivity index (χ1n) is 16.7. The zero-order chi connectivity index (χ0) is 32.8. The van der Waals surface area contributed by atoms with Crippen LogP contribution < -0.4 is 10.5 Å². The zero-order valence-electron chi connectivity index (χ0n) is 27.2. The lowest BCUT2D eigenvalue weighted by Crippen LogP contribution is -2.41. The summed E-state index contributed by atoms with van der Waals surface area (Å²) in [7, 11) is 5.51. The van der Waals surface area contributed by atoms with Gasteiger partial charge in [-0.1, -0.05) is 0 Å². The quantitative estimate of drug-likeness (QED) is 0.236. The predicted molar refractivity (Wildman–Crippen MR) is 182 cm³/mol. The maximum absolute atomic E-state index is 13.8. The van der Waals surface area contributed by atoms with Crippen molar-refractivity contribution in [2.75, 3.05) is 13.7 Å². The Morgan fingerprint density at radius 2 is 1.83 bits per heavy atom. The van der Waals surface area contributed by atoms with Gasteiger partial charge in [0.1, 0.15) is 28.4 Å². The van der Waals surface area contributed by atoms with Crippen molar-refractivity contribution in [2.24, 2.45) is 31.7 Å². The van der Waals surface area contributed by atoms with Gasteiger partial charge in [0.25, 0.3) is 5.91 Å². The van der Waals surface area contributed by atoms with E-state index in [9.17, 15) is 9.18 Å². The number of nitrogens with two attached hydrogens (primary N) is 1. The van der Waals surface area contributed by atoms with Crippen LogP contribution in [0.2, 0.25) is 0 Å². The lowest BCUT2D eigenvalue weighted by Gasteiger charge is -2.27. The van der Waals surface area contributed by atoms with Crippen LogP contribution in [0.1, 0.15) is 36.0 Å². The van der Waals surface area contributed by atoms with Gasteiger partial charge < -0.3 is 24.5 Å². The predicted octanol–water partition coefficient (Wildman–Crippen LogP) is 5.78. The molecule has 2 saturated carbocycles. The number of carbonyl (C=O) groups excluding carboxylic acids is 1. The Hall–Kier alpha value is -5.03. The maximum Gasteiger partial charge on any atom is 0.254 e. The van der Waals surface area contributed by atoms with E-state index in [1.165, 1.54) is 25.0 Å². The highest BCUT2D eigenvalue weighted by Crippen LogP contribution is 2.41. The molecule has 3 aliphatic rings. The number of hydrogen-bond acceptors (Lipinski definition) is 6. The Morgan fingerprint density at radius 3 is 2.54 bits per heavy atom. The Bertz CT molecular complexity index is 2250. The molecule has 3 fully saturated rings. The van der Waals surface area contributed by atoms with E-state index in [4.69, 9.17) is 25.5 Å². The smallest absolute Gasteiger partial charge is 0.254 e. The molecule has 2 aromatic carbocycles. The minimum atomic E-state index is -0.285. The van der Waals surface area contributed by atoms with E-state index in [-0.39, 0.29) is 23.8 Å². The van der Waals surface area contributed by atoms with Crippen molar-refractivity contribution in [3.8, 4) is 39.8 Å². The summed E-state index contributed by atoms with van der Waals surface area (Å²) in [5, 5.41) is 5.71. The Balaban J connectivity index is 1.15. The molecule has 2 N–H and O–H groups in total. The highest BCUT2D eigenvalue weighted by molar-refractivity contribution is 6.00. The number of aryl methyl sites for hydroxylation is 2. The number of nitrogens with zero attached hydrogens (tertiary/aromatic N) is 7. The number of rotatable bonds is 7. The van der Waals surface area contributed by atoms with E-state index in [1.807, 2.05) is 43.4 Å². The van der Waals surface area contributed by atoms with Crippen LogP contribution in [0.4, 0.5) is 4.39 Å². The third-order valence-corrected chi connectivity index (χ3v) is 10.6. The minimum Gasteiger partial charge on any atom is -0.494 e. The number of pyridine rings is 1. The highest BCUT2D eigenvalue weighted by Gasteiger charge is 2.47. The first-order valence-corrected chi connectivity index (χ1v) is 16.7. The molecule has 0 spiro atoms. The van der Waals surface area contributed by atoms with Crippen LogP contribution in [-0.2, 0) is 20.6 Å². The van der Waals surface area contributed by atoms with E-state index >= 15 is 0 Å². The Labute approximate surface area is 276 Å². The van der Waals surface area contributed by atoms with Gasteiger partial charge >= 0.3 is 0 Å². The largest absolute Gasteiger partial charge is 0.494 e. The molecule has 2 aliphatic carbocycles. The number of benzene rings is 2. The number of fused-ring (bicyclic) bond motifs is 4. The zero-order valence-corrected chi connectivity index (χ0v) is 27.2. The number of carbonyl (C=O) groups is 1. The molecule has 9 rings (SSSR count). The third kappa shape index (κ3) is 4.55. The summed E-state index contributed by atoms with van der Waals surface area (Å²) in [6.45, 7) is 1.54. The number of imidazole rings is 1. The fourth-order valence-electron chi connectivity index (χ4n) is 7.97. The number of piperidine rings is 1. The first kappa shape index (κ1) is 29.1. The molecule has 2 unspecified atom stereocenters. The van der Waals surface area contributed by atoms with Gasteiger partial charge in [-0.2, -0.15) is 5.10 Å². The fraction of sp³-hybridized carbons (Fsp3) is 0.351. The van der Waals surface area contributed by atoms with Gasteiger partial charge in [0.2, 0.25) is 0 Å². The minimum absolute atomic E-state index is 0.0139. The second-order valence-corrected chi connectivity index (χ2v) is 13.7. The normalized spacial score (nSPS) is 20.4. The molecule has 4 aromatic heterocycles. The molecule has 3 atom stereocenters. The van der Waals surface area contributed by atoms with E-state index in [0.717, 1.165) is 70.0 Å². The van der Waals surface area contributed by atoms with Gasteiger partial charge in [-0.05, 0) is 92.1 Å². The van der Waals surface area contributed by atoms with E-state index in [2.05, 4.69) is 21.3 Å². The SMILES string of the molecule is COc1cc(C(=O)N2CC3CCC2[C@@H]3N)cc2nc(-c3cc4ccc(-c5cn(C)nc5-c5ccc(F)cc5)nc4n3CC3CC3)n(C)c12. The van der Waals surface area contributed by atoms with Gasteiger partial charge in [0.15, 0.2) is 5.82 Å². The van der Waals surface area contributed by atoms with Gasteiger partial charge in [0, 0.05) is 67.5 Å². The molecular weight excluding hydrogens is 607 g/mol. The molecule has 1 aliphatic heterocycles. The molecule has 10 nitrogen and oxygen atoms in total. The van der Waals surface area contributed by atoms with E-state index < -0.39 is 0 Å². The molecular formula is C37H37FN8O2. The number of aromatic nitrogens is 6. The number of hydrogen-bond donors (Lipinski definition) is 1. The van der Waals surface area contributed by atoms with Gasteiger partial charge in [-0.15, -0.1) is 0 Å². The second-order valence-electron chi connectivity index (χ2n) is 13.7. The van der Waals surface area contributed by atoms with Crippen LogP contribution in [0.25, 0.3) is 56.1 Å². The lowest BCUT2D eigenvalue weighted by atomic mass is 10.1. The molecule has 2 bridgehead atoms. The van der Waals surface area contributed by atoms with Crippen molar-refractivity contribution in [2.45, 2.75) is 44.3 Å². The van der Waals surface area contributed by atoms with Gasteiger partial charge in [-0.3, -0.25) is 9.48 Å². The summed E-state index contributed by atoms with van der Waals surface area (Å²) in [5.41, 5.74) is 13.6. The van der Waals surface area contributed by atoms with Crippen molar-refractivity contribution in [1.82, 2.24) is 33.8 Å². The average Bonchev–Trinajstić information content (AvgIpc) is 3.31. The Kier molecular flexibility index (Phi) is 6.52. The van der Waals surface area contributed by atoms with Crippen molar-refractivity contribution in [1.29, 1.82) is 0 Å². The van der Waals surface area contributed by atoms with Crippen LogP contribution >= 0.6 is 0 Å². The summed E-state index contributed by atoms with van der Waals surface area (Å²) in [6.07, 6.45) is 6.37. The van der Waals surface area contributed by atoms with Crippen LogP contribution in [0, 0.1) is 17.7 Å². The molecule has 11 heteroatoms. The maximum atomic E-state index is 13.8. The summed E-state index contributed by atoms with van der Waals surface area (Å²) in [5.74, 6) is 2.05. The number of methoxy groups -OCH3 is 1. The molecule has 244 valence electrons. The van der Waals surface area contributed by atoms with Crippen LogP contribution in [0.5, 0.6) is 5.75 Å². The first-order chi connectivity index (χ1) is 23.3. The molecule has 48 heavy (non-hydrogen) atoms. The number of likely N-dealkylation sites (tertiary alicyclic amines) is 1. The van der Waals surface area contributed by atoms with Crippen molar-refractivity contribution >= 4 is 28.0 Å². The molecule has 1 amide bonds. The van der Waals surface area contributed by atoms with Crippen LogP contribution in [0.15, 0.2) is 60.8 Å². The van der Waals surface area contributed by atoms with Gasteiger partial charge in [-0.25, -0.2) is 14.4 Å². The molecule has 0 radical (unpaired) electrons. The average molecular weight is 645 g/mol. The molecule has 5 heterocycles. The second kappa shape index (κ2) is 10.7. The number of ether oxygens (including phenoxy) is 1. The summed E-state index contributed by atoms with van der Waals surface area (Å²) in [4.78, 5) is 26.1. The van der Waals surface area contributed by atoms with E-state index in [1.54, 1.807) is 23.9 Å². The third-order valence-electron chi connectivity index (χ3n) is 10.6. The number of amides is 1. The van der Waals surface area contributed by atoms with Crippen LogP contribution in [-0.4, -0.2) is 65.4 Å². The molecule has 1 saturated heterocycles. The highest BCUT2D eigenvalue weighted by atomic mass is 19.1. The van der Waals surface area contributed by atoms with Crippen molar-refractivity contribution < 1.29 is 13.9 Å². The summed E-state index contributed by atoms with van der Waals surface area (Å²) < 4.78 is 25.7. The molecule has 6 aromatic rings. The summed E-state index contributed by atoms with van der Waals surface area (Å²) >= 11 is 0. The topological polar surface area (TPSA) is 109 Å². The monoisotopic (exact) mass is 644 g/mol. The van der Waals surface area contributed by atoms with Gasteiger partial charge in [0.05, 0.1) is 24.0 Å². The lowest BCUT2D eigenvalue weighted by molar-refractivity contribution is 0.0700. The summed E-state index contributed by atoms with van der Waals surface area (Å²) in [6, 6.07) is 16.5. The fourth-order valence-corrected chi connectivity index (χ4v) is 7.97. The van der Waals surface area contributed by atoms with Crippen LogP contribution in [0.3, 0.4) is 0 Å². The van der Waals surface area contributed by atoms with Crippen molar-refractivity contribution in [3.05, 3.63) is 72.2 Å². The Morgan fingerprint density at radius 1 is 1.02 bits per heavy atom. The number of halogens is 1. The van der Waals surface area contributed by atoms with Crippen molar-refractivity contribution in [3.63, 3.8) is 0 Å². The standard InChI is InChI=1S/C37H37FN8O2/c1-43-19-26(33(42-43)21-6-10-25(38)11-7-21)27-12-8-22-15-30(45(35(22)40-27)17-20-4-5-20)36-41-28-14-24(16-31(48-3)34(28)44(36)2)37(47)46-18-23-9-13-29(46)32(23)39/h6-8,10-12,14-16,19-20,23,29,32H,4-5,9,13,17-18,39H2,1-3H3/t23?,29?,32-/m1/s1.